The highest BCUT2D eigenvalue weighted by Gasteiger charge is 2.43. The van der Waals surface area contributed by atoms with E-state index in [9.17, 15) is 29.4 Å². The maximum absolute atomic E-state index is 13.7. The Hall–Kier alpha value is -2.51. The van der Waals surface area contributed by atoms with Gasteiger partial charge in [0.15, 0.2) is 11.5 Å². The lowest BCUT2D eigenvalue weighted by Gasteiger charge is -2.45. The van der Waals surface area contributed by atoms with Crippen LogP contribution in [0.25, 0.3) is 0 Å². The lowest BCUT2D eigenvalue weighted by atomic mass is 9.85. The average Bonchev–Trinajstić information content (AvgIpc) is 2.94. The van der Waals surface area contributed by atoms with Crippen molar-refractivity contribution in [1.82, 2.24) is 10.2 Å². The van der Waals surface area contributed by atoms with Crippen LogP contribution in [0.15, 0.2) is 23.8 Å². The number of ketones is 1. The van der Waals surface area contributed by atoms with Gasteiger partial charge in [0.05, 0.1) is 23.3 Å². The molecular weight excluding hydrogens is 631 g/mol. The van der Waals surface area contributed by atoms with Crippen molar-refractivity contribution in [2.24, 2.45) is 0 Å². The Bertz CT molecular complexity index is 1100. The molecule has 2 amide bonds. The summed E-state index contributed by atoms with van der Waals surface area (Å²) in [7, 11) is 1.45. The molecule has 0 radical (unpaired) electrons. The molecule has 3 atom stereocenters. The van der Waals surface area contributed by atoms with Gasteiger partial charge in [-0.25, -0.2) is 0 Å². The SMILES string of the molecule is COc1cc(C=O)cc(I)c1O[C@H]1C=C(C(=O)NCCO)C[C@@H](N(C(=O)CCCC(C)=O)C2CCCCC2)[C@@H]1O. The molecule has 1 saturated carbocycles. The molecule has 0 aromatic heterocycles. The predicted molar refractivity (Wildman–Crippen MR) is 156 cm³/mol. The second-order valence-electron chi connectivity index (χ2n) is 10.3. The van der Waals surface area contributed by atoms with Crippen LogP contribution in [0.2, 0.25) is 0 Å². The van der Waals surface area contributed by atoms with E-state index in [1.54, 1.807) is 17.0 Å². The Balaban J connectivity index is 2.00. The number of ether oxygens (including phenoxy) is 2. The molecule has 2 aliphatic carbocycles. The fraction of sp³-hybridized carbons (Fsp3) is 0.586. The summed E-state index contributed by atoms with van der Waals surface area (Å²) >= 11 is 2.02. The number of rotatable bonds is 13. The molecule has 10 nitrogen and oxygen atoms in total. The van der Waals surface area contributed by atoms with Crippen molar-refractivity contribution in [2.75, 3.05) is 20.3 Å². The molecule has 40 heavy (non-hydrogen) atoms. The van der Waals surface area contributed by atoms with Crippen molar-refractivity contribution in [3.05, 3.63) is 32.9 Å². The van der Waals surface area contributed by atoms with Crippen LogP contribution >= 0.6 is 22.6 Å². The van der Waals surface area contributed by atoms with Crippen molar-refractivity contribution in [3.8, 4) is 11.5 Å². The molecule has 0 heterocycles. The number of aliphatic hydroxyl groups is 2. The first kappa shape index (κ1) is 32.0. The van der Waals surface area contributed by atoms with Crippen molar-refractivity contribution in [2.45, 2.75) is 89.0 Å². The summed E-state index contributed by atoms with van der Waals surface area (Å²) < 4.78 is 12.3. The number of carbonyl (C=O) groups is 4. The third-order valence-corrected chi connectivity index (χ3v) is 8.19. The molecule has 3 rings (SSSR count). The third-order valence-electron chi connectivity index (χ3n) is 7.39. The maximum atomic E-state index is 13.7. The van der Waals surface area contributed by atoms with E-state index in [4.69, 9.17) is 9.47 Å². The largest absolute Gasteiger partial charge is 0.493 e. The number of halogens is 1. The third kappa shape index (κ3) is 8.26. The lowest BCUT2D eigenvalue weighted by Crippen LogP contribution is -2.58. The van der Waals surface area contributed by atoms with Crippen molar-refractivity contribution in [1.29, 1.82) is 0 Å². The minimum Gasteiger partial charge on any atom is -0.493 e. The average molecular weight is 671 g/mol. The Labute approximate surface area is 248 Å². The molecule has 0 bridgehead atoms. The number of hydrogen-bond acceptors (Lipinski definition) is 8. The number of nitrogens with zero attached hydrogens (tertiary/aromatic N) is 1. The first-order valence-electron chi connectivity index (χ1n) is 13.8. The van der Waals surface area contributed by atoms with Gasteiger partial charge in [-0.1, -0.05) is 19.3 Å². The van der Waals surface area contributed by atoms with E-state index in [1.165, 1.54) is 20.1 Å². The summed E-state index contributed by atoms with van der Waals surface area (Å²) in [4.78, 5) is 51.3. The second-order valence-corrected chi connectivity index (χ2v) is 11.5. The van der Waals surface area contributed by atoms with E-state index >= 15 is 0 Å². The first-order chi connectivity index (χ1) is 19.2. The van der Waals surface area contributed by atoms with E-state index in [0.717, 1.165) is 32.1 Å². The number of aliphatic hydroxyl groups excluding tert-OH is 2. The minimum atomic E-state index is -1.17. The zero-order chi connectivity index (χ0) is 29.2. The van der Waals surface area contributed by atoms with Gasteiger partial charge in [0.2, 0.25) is 11.8 Å². The summed E-state index contributed by atoms with van der Waals surface area (Å²) in [6.07, 6.45) is 5.66. The Morgan fingerprint density at radius 1 is 1.18 bits per heavy atom. The van der Waals surface area contributed by atoms with Gasteiger partial charge in [0.1, 0.15) is 24.3 Å². The number of hydrogen-bond donors (Lipinski definition) is 3. The molecule has 0 spiro atoms. The molecule has 1 fully saturated rings. The van der Waals surface area contributed by atoms with Crippen LogP contribution in [-0.2, 0) is 14.4 Å². The molecule has 1 aromatic carbocycles. The molecule has 0 aliphatic heterocycles. The fourth-order valence-electron chi connectivity index (χ4n) is 5.44. The molecule has 1 aromatic rings. The Morgan fingerprint density at radius 2 is 1.90 bits per heavy atom. The Kier molecular flexibility index (Phi) is 12.4. The van der Waals surface area contributed by atoms with Crippen LogP contribution in [-0.4, -0.2) is 83.5 Å². The standard InChI is InChI=1S/C29H39IN2O8/c1-18(35)7-6-10-26(36)32(21-8-4-3-5-9-21)23-15-20(29(38)31-11-12-33)16-24(27(23)37)40-28-22(30)13-19(17-34)14-25(28)39-2/h13-14,16-17,21,23-24,27,33,37H,3-12,15H2,1-2H3,(H,31,38)/t23-,24+,27+/m1/s1. The van der Waals surface area contributed by atoms with Crippen molar-refractivity contribution in [3.63, 3.8) is 0 Å². The summed E-state index contributed by atoms with van der Waals surface area (Å²) in [6.45, 7) is 1.33. The zero-order valence-corrected chi connectivity index (χ0v) is 25.2. The van der Waals surface area contributed by atoms with Crippen molar-refractivity contribution < 1.29 is 38.9 Å². The molecule has 220 valence electrons. The number of carbonyl (C=O) groups excluding carboxylic acids is 4. The summed E-state index contributed by atoms with van der Waals surface area (Å²) in [6, 6.07) is 2.32. The van der Waals surface area contributed by atoms with Gasteiger partial charge in [-0.05, 0) is 67.0 Å². The predicted octanol–water partition coefficient (Wildman–Crippen LogP) is 2.95. The van der Waals surface area contributed by atoms with Crippen LogP contribution < -0.4 is 14.8 Å². The van der Waals surface area contributed by atoms with Crippen LogP contribution in [0.1, 0.15) is 75.1 Å². The van der Waals surface area contributed by atoms with E-state index in [0.29, 0.717) is 45.3 Å². The van der Waals surface area contributed by atoms with E-state index in [-0.39, 0.29) is 43.7 Å². The molecule has 11 heteroatoms. The van der Waals surface area contributed by atoms with Gasteiger partial charge in [-0.15, -0.1) is 0 Å². The van der Waals surface area contributed by atoms with Crippen molar-refractivity contribution >= 4 is 46.5 Å². The molecule has 0 saturated heterocycles. The molecule has 0 unspecified atom stereocenters. The Morgan fingerprint density at radius 3 is 2.52 bits per heavy atom. The number of methoxy groups -OCH3 is 1. The second kappa shape index (κ2) is 15.5. The maximum Gasteiger partial charge on any atom is 0.247 e. The van der Waals surface area contributed by atoms with Gasteiger partial charge in [-0.2, -0.15) is 0 Å². The number of amides is 2. The van der Waals surface area contributed by atoms with Crippen LogP contribution in [0.3, 0.4) is 0 Å². The van der Waals surface area contributed by atoms with Crippen LogP contribution in [0, 0.1) is 3.57 Å². The van der Waals surface area contributed by atoms with Gasteiger partial charge >= 0.3 is 0 Å². The zero-order valence-electron chi connectivity index (χ0n) is 23.1. The topological polar surface area (TPSA) is 142 Å². The smallest absolute Gasteiger partial charge is 0.247 e. The van der Waals surface area contributed by atoms with Gasteiger partial charge < -0.3 is 34.7 Å². The number of benzene rings is 1. The highest BCUT2D eigenvalue weighted by Crippen LogP contribution is 2.38. The van der Waals surface area contributed by atoms with Gasteiger partial charge in [0, 0.05) is 43.0 Å². The van der Waals surface area contributed by atoms with E-state index in [1.807, 2.05) is 22.6 Å². The first-order valence-corrected chi connectivity index (χ1v) is 14.9. The molecule has 3 N–H and O–H groups in total. The lowest BCUT2D eigenvalue weighted by molar-refractivity contribution is -0.143. The van der Waals surface area contributed by atoms with Gasteiger partial charge in [0.25, 0.3) is 0 Å². The summed E-state index contributed by atoms with van der Waals surface area (Å²) in [5.41, 5.74) is 0.736. The van der Waals surface area contributed by atoms with E-state index in [2.05, 4.69) is 5.32 Å². The molecular formula is C29H39IN2O8. The van der Waals surface area contributed by atoms with Gasteiger partial charge in [-0.3, -0.25) is 14.4 Å². The van der Waals surface area contributed by atoms with Crippen LogP contribution in [0.5, 0.6) is 11.5 Å². The number of aldehydes is 1. The highest BCUT2D eigenvalue weighted by molar-refractivity contribution is 14.1. The summed E-state index contributed by atoms with van der Waals surface area (Å²) in [5.74, 6) is 0.0490. The highest BCUT2D eigenvalue weighted by atomic mass is 127. The van der Waals surface area contributed by atoms with E-state index < -0.39 is 24.2 Å². The van der Waals surface area contributed by atoms with Crippen LogP contribution in [0.4, 0.5) is 0 Å². The minimum absolute atomic E-state index is 0.0121. The number of Topliss-reactive ketones (excluding diaryl/α,β-unsaturated/α-hetero) is 1. The summed E-state index contributed by atoms with van der Waals surface area (Å²) in [5, 5.41) is 23.6. The fourth-order valence-corrected chi connectivity index (χ4v) is 6.19. The normalized spacial score (nSPS) is 21.2. The number of nitrogens with one attached hydrogen (secondary N) is 1. The monoisotopic (exact) mass is 670 g/mol. The molecule has 2 aliphatic rings. The quantitative estimate of drug-likeness (QED) is 0.215.